The molecular formula is C8H8N3. The molecule has 0 aromatic carbocycles. The van der Waals surface area contributed by atoms with Gasteiger partial charge in [-0.25, -0.2) is 9.50 Å². The zero-order valence-electron chi connectivity index (χ0n) is 6.07. The van der Waals surface area contributed by atoms with Crippen LogP contribution < -0.4 is 0 Å². The molecule has 0 atom stereocenters. The summed E-state index contributed by atoms with van der Waals surface area (Å²) in [5.74, 6) is 0. The van der Waals surface area contributed by atoms with Crippen LogP contribution in [0.1, 0.15) is 5.69 Å². The fraction of sp³-hybridized carbons (Fsp3) is 0.125. The van der Waals surface area contributed by atoms with Crippen LogP contribution in [0.15, 0.2) is 24.7 Å². The van der Waals surface area contributed by atoms with E-state index in [2.05, 4.69) is 17.0 Å². The molecule has 2 aromatic heterocycles. The Kier molecular flexibility index (Phi) is 1.35. The van der Waals surface area contributed by atoms with Gasteiger partial charge in [-0.2, -0.15) is 5.10 Å². The van der Waals surface area contributed by atoms with Gasteiger partial charge in [-0.3, -0.25) is 0 Å². The highest BCUT2D eigenvalue weighted by atomic mass is 15.2. The van der Waals surface area contributed by atoms with Gasteiger partial charge in [0.05, 0.1) is 11.7 Å². The molecule has 2 heterocycles. The van der Waals surface area contributed by atoms with Crippen LogP contribution >= 0.6 is 0 Å². The summed E-state index contributed by atoms with van der Waals surface area (Å²) in [6.07, 6.45) is 4.07. The van der Waals surface area contributed by atoms with Crippen molar-refractivity contribution in [1.29, 1.82) is 0 Å². The molecule has 0 unspecified atom stereocenters. The third-order valence-electron chi connectivity index (χ3n) is 1.66. The van der Waals surface area contributed by atoms with Crippen molar-refractivity contribution in [1.82, 2.24) is 14.6 Å². The van der Waals surface area contributed by atoms with E-state index < -0.39 is 0 Å². The SMILES string of the molecule is [CH2]Cc1ccc2cncnn12. The summed E-state index contributed by atoms with van der Waals surface area (Å²) in [6, 6.07) is 4.00. The van der Waals surface area contributed by atoms with Crippen LogP contribution in [-0.4, -0.2) is 14.6 Å². The first-order valence-corrected chi connectivity index (χ1v) is 3.47. The molecule has 0 N–H and O–H groups in total. The number of fused-ring (bicyclic) bond motifs is 1. The molecule has 2 aromatic rings. The first kappa shape index (κ1) is 6.34. The Morgan fingerprint density at radius 2 is 2.36 bits per heavy atom. The molecule has 0 aliphatic carbocycles. The van der Waals surface area contributed by atoms with E-state index in [1.165, 1.54) is 6.33 Å². The molecule has 3 heteroatoms. The molecule has 1 radical (unpaired) electrons. The van der Waals surface area contributed by atoms with Crippen molar-refractivity contribution in [3.05, 3.63) is 37.3 Å². The minimum Gasteiger partial charge on any atom is -0.241 e. The molecular weight excluding hydrogens is 138 g/mol. The predicted octanol–water partition coefficient (Wildman–Crippen LogP) is 1.11. The molecule has 11 heavy (non-hydrogen) atoms. The van der Waals surface area contributed by atoms with E-state index >= 15 is 0 Å². The van der Waals surface area contributed by atoms with E-state index in [0.29, 0.717) is 0 Å². The molecule has 2 rings (SSSR count). The molecule has 0 amide bonds. The van der Waals surface area contributed by atoms with Gasteiger partial charge >= 0.3 is 0 Å². The second-order valence-corrected chi connectivity index (χ2v) is 2.32. The smallest absolute Gasteiger partial charge is 0.136 e. The van der Waals surface area contributed by atoms with Gasteiger partial charge in [0, 0.05) is 5.69 Å². The zero-order chi connectivity index (χ0) is 7.68. The average Bonchev–Trinajstić information content (AvgIpc) is 2.47. The lowest BCUT2D eigenvalue weighted by molar-refractivity contribution is 0.853. The Bertz CT molecular complexity index is 364. The molecule has 0 spiro atoms. The van der Waals surface area contributed by atoms with Crippen LogP contribution in [0.2, 0.25) is 0 Å². The fourth-order valence-electron chi connectivity index (χ4n) is 1.11. The third kappa shape index (κ3) is 0.888. The Morgan fingerprint density at radius 1 is 1.45 bits per heavy atom. The molecule has 0 saturated heterocycles. The van der Waals surface area contributed by atoms with Crippen LogP contribution in [0.3, 0.4) is 0 Å². The van der Waals surface area contributed by atoms with E-state index in [1.807, 2.05) is 16.6 Å². The normalized spacial score (nSPS) is 10.6. The minimum atomic E-state index is 0.755. The molecule has 3 nitrogen and oxygen atoms in total. The Morgan fingerprint density at radius 3 is 3.18 bits per heavy atom. The largest absolute Gasteiger partial charge is 0.241 e. The summed E-state index contributed by atoms with van der Waals surface area (Å²) >= 11 is 0. The second kappa shape index (κ2) is 2.34. The Balaban J connectivity index is 2.76. The van der Waals surface area contributed by atoms with Gasteiger partial charge in [0.15, 0.2) is 0 Å². The molecule has 55 valence electrons. The van der Waals surface area contributed by atoms with Crippen LogP contribution in [0.5, 0.6) is 0 Å². The van der Waals surface area contributed by atoms with E-state index in [4.69, 9.17) is 0 Å². The van der Waals surface area contributed by atoms with Crippen LogP contribution in [0, 0.1) is 6.92 Å². The summed E-state index contributed by atoms with van der Waals surface area (Å²) in [6.45, 7) is 3.80. The van der Waals surface area contributed by atoms with Crippen molar-refractivity contribution in [3.63, 3.8) is 0 Å². The van der Waals surface area contributed by atoms with E-state index in [9.17, 15) is 0 Å². The van der Waals surface area contributed by atoms with Crippen LogP contribution in [-0.2, 0) is 6.42 Å². The summed E-state index contributed by atoms with van der Waals surface area (Å²) in [7, 11) is 0. The van der Waals surface area contributed by atoms with Gasteiger partial charge in [-0.05, 0) is 25.5 Å². The van der Waals surface area contributed by atoms with Gasteiger partial charge in [-0.15, -0.1) is 0 Å². The lowest BCUT2D eigenvalue weighted by Crippen LogP contribution is -1.95. The Hall–Kier alpha value is -1.38. The average molecular weight is 146 g/mol. The van der Waals surface area contributed by atoms with E-state index in [0.717, 1.165) is 17.6 Å². The highest BCUT2D eigenvalue weighted by Gasteiger charge is 1.97. The maximum Gasteiger partial charge on any atom is 0.136 e. The van der Waals surface area contributed by atoms with Crippen molar-refractivity contribution in [2.75, 3.05) is 0 Å². The van der Waals surface area contributed by atoms with Gasteiger partial charge in [-0.1, -0.05) is 0 Å². The van der Waals surface area contributed by atoms with Crippen molar-refractivity contribution in [2.45, 2.75) is 6.42 Å². The second-order valence-electron chi connectivity index (χ2n) is 2.32. The first-order valence-electron chi connectivity index (χ1n) is 3.47. The summed E-state index contributed by atoms with van der Waals surface area (Å²) in [4.78, 5) is 3.91. The number of aromatic nitrogens is 3. The molecule has 0 aliphatic rings. The number of hydrogen-bond acceptors (Lipinski definition) is 2. The van der Waals surface area contributed by atoms with Gasteiger partial charge < -0.3 is 0 Å². The number of hydrogen-bond donors (Lipinski definition) is 0. The lowest BCUT2D eigenvalue weighted by Gasteiger charge is -1.94. The van der Waals surface area contributed by atoms with Gasteiger partial charge in [0.1, 0.15) is 6.33 Å². The molecule has 0 saturated carbocycles. The van der Waals surface area contributed by atoms with E-state index in [-0.39, 0.29) is 0 Å². The highest BCUT2D eigenvalue weighted by molar-refractivity contribution is 5.45. The third-order valence-corrected chi connectivity index (χ3v) is 1.66. The van der Waals surface area contributed by atoms with Crippen molar-refractivity contribution < 1.29 is 0 Å². The minimum absolute atomic E-state index is 0.755. The lowest BCUT2D eigenvalue weighted by atomic mass is 10.3. The summed E-state index contributed by atoms with van der Waals surface area (Å²) < 4.78 is 1.85. The summed E-state index contributed by atoms with van der Waals surface area (Å²) in [5, 5.41) is 4.08. The molecule has 0 aliphatic heterocycles. The van der Waals surface area contributed by atoms with E-state index in [1.54, 1.807) is 6.20 Å². The van der Waals surface area contributed by atoms with Crippen molar-refractivity contribution in [2.24, 2.45) is 0 Å². The first-order chi connectivity index (χ1) is 5.42. The van der Waals surface area contributed by atoms with Gasteiger partial charge in [0.25, 0.3) is 0 Å². The fourth-order valence-corrected chi connectivity index (χ4v) is 1.11. The maximum atomic E-state index is 4.08. The quantitative estimate of drug-likeness (QED) is 0.603. The number of rotatable bonds is 1. The molecule has 0 fully saturated rings. The molecule has 0 bridgehead atoms. The topological polar surface area (TPSA) is 30.2 Å². The predicted molar refractivity (Wildman–Crippen MR) is 42.0 cm³/mol. The summed E-state index contributed by atoms with van der Waals surface area (Å²) in [5.41, 5.74) is 2.13. The van der Waals surface area contributed by atoms with Crippen molar-refractivity contribution >= 4 is 5.52 Å². The monoisotopic (exact) mass is 146 g/mol. The van der Waals surface area contributed by atoms with Crippen molar-refractivity contribution in [3.8, 4) is 0 Å². The van der Waals surface area contributed by atoms with Gasteiger partial charge in [0.2, 0.25) is 0 Å². The van der Waals surface area contributed by atoms with Crippen LogP contribution in [0.25, 0.3) is 5.52 Å². The standard InChI is InChI=1S/C8H8N3/c1-2-7-3-4-8-5-9-6-10-11(7)8/h3-6H,1-2H2. The maximum absolute atomic E-state index is 4.08. The Labute approximate surface area is 64.7 Å². The highest BCUT2D eigenvalue weighted by Crippen LogP contribution is 2.05. The number of nitrogens with zero attached hydrogens (tertiary/aromatic N) is 3. The zero-order valence-corrected chi connectivity index (χ0v) is 6.07. The van der Waals surface area contributed by atoms with Crippen LogP contribution in [0.4, 0.5) is 0 Å².